The summed E-state index contributed by atoms with van der Waals surface area (Å²) in [6.07, 6.45) is 4.08. The van der Waals surface area contributed by atoms with Crippen LogP contribution in [0.5, 0.6) is 11.5 Å². The molecule has 0 radical (unpaired) electrons. The fourth-order valence-corrected chi connectivity index (χ4v) is 2.81. The summed E-state index contributed by atoms with van der Waals surface area (Å²) < 4.78 is 17.3. The third kappa shape index (κ3) is 5.83. The zero-order valence-corrected chi connectivity index (χ0v) is 15.5. The Labute approximate surface area is 150 Å². The van der Waals surface area contributed by atoms with E-state index in [0.29, 0.717) is 13.1 Å². The minimum absolute atomic E-state index is 0.123. The van der Waals surface area contributed by atoms with Gasteiger partial charge in [-0.15, -0.1) is 0 Å². The molecule has 0 aromatic heterocycles. The van der Waals surface area contributed by atoms with E-state index in [0.717, 1.165) is 36.9 Å². The number of piperidine rings is 1. The Hall–Kier alpha value is -1.91. The first-order chi connectivity index (χ1) is 11.9. The van der Waals surface area contributed by atoms with Gasteiger partial charge in [-0.25, -0.2) is 4.79 Å². The predicted molar refractivity (Wildman–Crippen MR) is 96.1 cm³/mol. The molecule has 1 amide bonds. The maximum absolute atomic E-state index is 12.1. The lowest BCUT2D eigenvalue weighted by Crippen LogP contribution is -2.44. The van der Waals surface area contributed by atoms with Crippen molar-refractivity contribution in [3.63, 3.8) is 0 Å². The van der Waals surface area contributed by atoms with Crippen LogP contribution in [0.25, 0.3) is 0 Å². The summed E-state index contributed by atoms with van der Waals surface area (Å²) in [4.78, 5) is 13.9. The first-order valence-corrected chi connectivity index (χ1v) is 9.26. The van der Waals surface area contributed by atoms with Crippen LogP contribution in [-0.4, -0.2) is 42.4 Å². The van der Waals surface area contributed by atoms with E-state index in [1.807, 2.05) is 45.0 Å². The van der Waals surface area contributed by atoms with Gasteiger partial charge in [0.2, 0.25) is 0 Å². The summed E-state index contributed by atoms with van der Waals surface area (Å²) >= 11 is 0. The fourth-order valence-electron chi connectivity index (χ4n) is 2.81. The van der Waals surface area contributed by atoms with Gasteiger partial charge in [0.05, 0.1) is 6.61 Å². The van der Waals surface area contributed by atoms with Gasteiger partial charge in [-0.2, -0.15) is 0 Å². The molecule has 0 spiro atoms. The topological polar surface area (TPSA) is 48.0 Å². The van der Waals surface area contributed by atoms with E-state index in [2.05, 4.69) is 0 Å². The molecule has 25 heavy (non-hydrogen) atoms. The highest BCUT2D eigenvalue weighted by atomic mass is 16.6. The first kappa shape index (κ1) is 17.9. The van der Waals surface area contributed by atoms with Crippen LogP contribution in [0.15, 0.2) is 24.3 Å². The molecule has 0 N–H and O–H groups in total. The van der Waals surface area contributed by atoms with E-state index in [4.69, 9.17) is 14.2 Å². The molecule has 1 aromatic rings. The zero-order valence-electron chi connectivity index (χ0n) is 15.5. The Kier molecular flexibility index (Phi) is 5.40. The maximum Gasteiger partial charge on any atom is 0.410 e. The van der Waals surface area contributed by atoms with Crippen molar-refractivity contribution in [3.05, 3.63) is 24.3 Å². The normalized spacial score (nSPS) is 18.8. The van der Waals surface area contributed by atoms with Gasteiger partial charge in [-0.05, 0) is 51.7 Å². The quantitative estimate of drug-likeness (QED) is 0.799. The minimum Gasteiger partial charge on any atom is -0.493 e. The van der Waals surface area contributed by atoms with Crippen molar-refractivity contribution in [1.82, 2.24) is 4.90 Å². The molecule has 1 saturated heterocycles. The molecule has 0 unspecified atom stereocenters. The van der Waals surface area contributed by atoms with Gasteiger partial charge in [0, 0.05) is 32.0 Å². The summed E-state index contributed by atoms with van der Waals surface area (Å²) in [5.41, 5.74) is -0.453. The lowest BCUT2D eigenvalue weighted by Gasteiger charge is -2.33. The molecule has 0 atom stereocenters. The minimum atomic E-state index is -0.453. The first-order valence-electron chi connectivity index (χ1n) is 9.26. The predicted octanol–water partition coefficient (Wildman–Crippen LogP) is 4.25. The molecule has 0 bridgehead atoms. The molecule has 1 aliphatic heterocycles. The summed E-state index contributed by atoms with van der Waals surface area (Å²) in [7, 11) is 0. The Morgan fingerprint density at radius 3 is 2.44 bits per heavy atom. The lowest BCUT2D eigenvalue weighted by molar-refractivity contribution is 0.0126. The maximum atomic E-state index is 12.1. The van der Waals surface area contributed by atoms with Crippen LogP contribution in [-0.2, 0) is 4.74 Å². The Balaban J connectivity index is 1.45. The Morgan fingerprint density at radius 2 is 1.80 bits per heavy atom. The van der Waals surface area contributed by atoms with Gasteiger partial charge in [0.25, 0.3) is 0 Å². The van der Waals surface area contributed by atoms with Crippen LogP contribution in [0.2, 0.25) is 0 Å². The second-order valence-corrected chi connectivity index (χ2v) is 8.01. The highest BCUT2D eigenvalue weighted by Crippen LogP contribution is 2.30. The standard InChI is InChI=1S/C20H29NO4/c1-20(2,3)25-19(22)21-11-9-16(10-12-21)24-18-6-4-5-17(13-18)23-14-15-7-8-15/h4-6,13,15-16H,7-12,14H2,1-3H3. The number of hydrogen-bond acceptors (Lipinski definition) is 4. The van der Waals surface area contributed by atoms with Gasteiger partial charge in [0.15, 0.2) is 0 Å². The van der Waals surface area contributed by atoms with Gasteiger partial charge < -0.3 is 19.1 Å². The molecule has 1 saturated carbocycles. The molecule has 1 heterocycles. The number of hydrogen-bond donors (Lipinski definition) is 0. The van der Waals surface area contributed by atoms with Crippen LogP contribution in [0.4, 0.5) is 4.79 Å². The van der Waals surface area contributed by atoms with E-state index in [-0.39, 0.29) is 12.2 Å². The number of carbonyl (C=O) groups is 1. The smallest absolute Gasteiger partial charge is 0.410 e. The number of ether oxygens (including phenoxy) is 3. The second kappa shape index (κ2) is 7.54. The number of benzene rings is 1. The Morgan fingerprint density at radius 1 is 1.12 bits per heavy atom. The van der Waals surface area contributed by atoms with Crippen LogP contribution in [0.3, 0.4) is 0 Å². The van der Waals surface area contributed by atoms with E-state index in [1.165, 1.54) is 12.8 Å². The second-order valence-electron chi connectivity index (χ2n) is 8.01. The van der Waals surface area contributed by atoms with E-state index in [1.54, 1.807) is 4.90 Å². The molecular weight excluding hydrogens is 318 g/mol. The van der Waals surface area contributed by atoms with Crippen molar-refractivity contribution in [2.75, 3.05) is 19.7 Å². The third-order valence-electron chi connectivity index (χ3n) is 4.38. The molecule has 1 aromatic carbocycles. The average molecular weight is 347 g/mol. The lowest BCUT2D eigenvalue weighted by atomic mass is 10.1. The molecule has 2 aliphatic rings. The number of amides is 1. The highest BCUT2D eigenvalue weighted by Gasteiger charge is 2.27. The summed E-state index contributed by atoms with van der Waals surface area (Å²) in [5.74, 6) is 2.45. The van der Waals surface area contributed by atoms with Crippen molar-refractivity contribution < 1.29 is 19.0 Å². The summed E-state index contributed by atoms with van der Waals surface area (Å²) in [6, 6.07) is 7.86. The van der Waals surface area contributed by atoms with Gasteiger partial charge in [-0.3, -0.25) is 0 Å². The van der Waals surface area contributed by atoms with Crippen molar-refractivity contribution >= 4 is 6.09 Å². The van der Waals surface area contributed by atoms with Crippen molar-refractivity contribution in [1.29, 1.82) is 0 Å². The summed E-state index contributed by atoms with van der Waals surface area (Å²) in [5, 5.41) is 0. The molecule has 1 aliphatic carbocycles. The van der Waals surface area contributed by atoms with Gasteiger partial charge >= 0.3 is 6.09 Å². The largest absolute Gasteiger partial charge is 0.493 e. The fraction of sp³-hybridized carbons (Fsp3) is 0.650. The van der Waals surface area contributed by atoms with Crippen LogP contribution in [0.1, 0.15) is 46.5 Å². The Bertz CT molecular complexity index is 584. The number of nitrogens with zero attached hydrogens (tertiary/aromatic N) is 1. The molecule has 3 rings (SSSR count). The molecule has 2 fully saturated rings. The number of likely N-dealkylation sites (tertiary alicyclic amines) is 1. The van der Waals surface area contributed by atoms with Crippen LogP contribution >= 0.6 is 0 Å². The van der Waals surface area contributed by atoms with Crippen molar-refractivity contribution in [2.24, 2.45) is 5.92 Å². The molecule has 5 nitrogen and oxygen atoms in total. The summed E-state index contributed by atoms with van der Waals surface area (Å²) in [6.45, 7) is 7.80. The van der Waals surface area contributed by atoms with Gasteiger partial charge in [-0.1, -0.05) is 6.07 Å². The van der Waals surface area contributed by atoms with E-state index in [9.17, 15) is 4.79 Å². The number of carbonyl (C=O) groups excluding carboxylic acids is 1. The highest BCUT2D eigenvalue weighted by molar-refractivity contribution is 5.68. The zero-order chi connectivity index (χ0) is 17.9. The van der Waals surface area contributed by atoms with Crippen molar-refractivity contribution in [2.45, 2.75) is 58.2 Å². The molecular formula is C20H29NO4. The average Bonchev–Trinajstić information content (AvgIpc) is 3.37. The molecule has 5 heteroatoms. The third-order valence-corrected chi connectivity index (χ3v) is 4.38. The monoisotopic (exact) mass is 347 g/mol. The molecule has 138 valence electrons. The van der Waals surface area contributed by atoms with E-state index < -0.39 is 5.60 Å². The number of rotatable bonds is 5. The van der Waals surface area contributed by atoms with Crippen molar-refractivity contribution in [3.8, 4) is 11.5 Å². The van der Waals surface area contributed by atoms with Crippen LogP contribution in [0, 0.1) is 5.92 Å². The SMILES string of the molecule is CC(C)(C)OC(=O)N1CCC(Oc2cccc(OCC3CC3)c2)CC1. The van der Waals surface area contributed by atoms with Crippen LogP contribution < -0.4 is 9.47 Å². The van der Waals surface area contributed by atoms with E-state index >= 15 is 0 Å². The van der Waals surface area contributed by atoms with Gasteiger partial charge in [0.1, 0.15) is 23.2 Å².